The minimum atomic E-state index is -0.645. The Morgan fingerprint density at radius 3 is 2.32 bits per heavy atom. The Morgan fingerprint density at radius 2 is 1.63 bits per heavy atom. The summed E-state index contributed by atoms with van der Waals surface area (Å²) in [7, 11) is 0. The highest BCUT2D eigenvalue weighted by molar-refractivity contribution is 7.99. The van der Waals surface area contributed by atoms with Crippen LogP contribution in [0, 0.1) is 5.21 Å². The molecule has 218 valence electrons. The fraction of sp³-hybridized carbons (Fsp3) is 0.367. The summed E-state index contributed by atoms with van der Waals surface area (Å²) in [6.07, 6.45) is 3.50. The zero-order valence-corrected chi connectivity index (χ0v) is 23.4. The van der Waals surface area contributed by atoms with Crippen molar-refractivity contribution in [3.05, 3.63) is 94.8 Å². The molecule has 10 nitrogen and oxygen atoms in total. The number of aliphatic hydroxyl groups is 1. The van der Waals surface area contributed by atoms with Crippen LogP contribution in [0.25, 0.3) is 0 Å². The van der Waals surface area contributed by atoms with Gasteiger partial charge in [-0.2, -0.15) is 4.73 Å². The van der Waals surface area contributed by atoms with Crippen LogP contribution in [0.1, 0.15) is 67.6 Å². The van der Waals surface area contributed by atoms with Gasteiger partial charge in [0.25, 0.3) is 5.03 Å². The number of unbranched alkanes of at least 4 members (excludes halogenated alkanes) is 2. The first-order valence-corrected chi connectivity index (χ1v) is 14.6. The number of hydrogen-bond donors (Lipinski definition) is 4. The highest BCUT2D eigenvalue weighted by Crippen LogP contribution is 2.39. The molecule has 1 aliphatic rings. The van der Waals surface area contributed by atoms with Crippen LogP contribution in [-0.2, 0) is 25.7 Å². The van der Waals surface area contributed by atoms with Gasteiger partial charge in [-0.3, -0.25) is 14.8 Å². The molecule has 4 N–H and O–H groups in total. The van der Waals surface area contributed by atoms with Gasteiger partial charge >= 0.3 is 0 Å². The van der Waals surface area contributed by atoms with Gasteiger partial charge in [-0.05, 0) is 42.2 Å². The number of hydrogen-bond acceptors (Lipinski definition) is 8. The molecule has 3 aromatic rings. The quantitative estimate of drug-likeness (QED) is 0.0575. The number of aliphatic hydroxyl groups excluding tert-OH is 1. The van der Waals surface area contributed by atoms with Gasteiger partial charge in [0.15, 0.2) is 12.5 Å². The number of carbonyl (C=O) groups excluding carboxylic acids is 2. The van der Waals surface area contributed by atoms with Crippen molar-refractivity contribution in [3.8, 4) is 0 Å². The Kier molecular flexibility index (Phi) is 11.5. The molecule has 0 unspecified atom stereocenters. The SMILES string of the molecule is O=C(CCCCCC(=O)Nc1ccc([C@@H]2O[C@H](CSc3cccc[n+]3[O-])C[C@H](c3ccc(CO)cc3)O2)cc1)NO. The van der Waals surface area contributed by atoms with Crippen LogP contribution in [-0.4, -0.2) is 34.0 Å². The first-order chi connectivity index (χ1) is 19.9. The number of carbonyl (C=O) groups is 2. The number of anilines is 1. The average molecular weight is 582 g/mol. The lowest BCUT2D eigenvalue weighted by molar-refractivity contribution is -0.645. The van der Waals surface area contributed by atoms with Crippen LogP contribution in [0.3, 0.4) is 0 Å². The molecule has 1 aromatic heterocycles. The molecule has 1 saturated heterocycles. The molecule has 2 heterocycles. The van der Waals surface area contributed by atoms with E-state index >= 15 is 0 Å². The van der Waals surface area contributed by atoms with Crippen molar-refractivity contribution in [1.29, 1.82) is 0 Å². The summed E-state index contributed by atoms with van der Waals surface area (Å²) < 4.78 is 13.5. The molecule has 0 bridgehead atoms. The van der Waals surface area contributed by atoms with Crippen LogP contribution >= 0.6 is 11.8 Å². The van der Waals surface area contributed by atoms with Crippen molar-refractivity contribution < 1.29 is 34.1 Å². The molecule has 1 fully saturated rings. The number of nitrogens with zero attached hydrogens (tertiary/aromatic N) is 1. The third-order valence-corrected chi connectivity index (χ3v) is 7.87. The molecule has 4 rings (SSSR count). The van der Waals surface area contributed by atoms with E-state index in [1.165, 1.54) is 18.0 Å². The minimum absolute atomic E-state index is 0.0324. The number of benzene rings is 2. The van der Waals surface area contributed by atoms with E-state index in [-0.39, 0.29) is 31.1 Å². The lowest BCUT2D eigenvalue weighted by Crippen LogP contribution is -2.32. The Morgan fingerprint density at radius 1 is 0.927 bits per heavy atom. The molecule has 2 amide bonds. The van der Waals surface area contributed by atoms with E-state index in [1.807, 2.05) is 42.5 Å². The number of hydroxylamine groups is 1. The molecule has 41 heavy (non-hydrogen) atoms. The van der Waals surface area contributed by atoms with Crippen molar-refractivity contribution >= 4 is 29.3 Å². The largest absolute Gasteiger partial charge is 0.618 e. The number of thioether (sulfide) groups is 1. The normalized spacial score (nSPS) is 18.5. The standard InChI is InChI=1S/C30H35N3O7S/c34-19-21-9-11-22(12-10-21)26-18-25(20-41-29-8-4-5-17-33(29)38)39-30(40-26)23-13-15-24(16-14-23)31-27(35)6-2-1-3-7-28(36)32-37/h4-5,8-17,25-26,30,34,37H,1-3,6-7,18-20H2,(H,31,35)(H,32,36)/t25-,26+,30+/m0/s1. The van der Waals surface area contributed by atoms with Gasteiger partial charge in [0.2, 0.25) is 11.8 Å². The molecule has 2 aromatic carbocycles. The van der Waals surface area contributed by atoms with Gasteiger partial charge in [0.05, 0.1) is 18.8 Å². The molecule has 1 aliphatic heterocycles. The Bertz CT molecular complexity index is 1270. The van der Waals surface area contributed by atoms with Gasteiger partial charge in [-0.25, -0.2) is 5.48 Å². The predicted molar refractivity (Wildman–Crippen MR) is 153 cm³/mol. The summed E-state index contributed by atoms with van der Waals surface area (Å²) in [5.74, 6) is 0.0219. The zero-order valence-electron chi connectivity index (χ0n) is 22.6. The summed E-state index contributed by atoms with van der Waals surface area (Å²) in [6, 6.07) is 20.3. The second kappa shape index (κ2) is 15.5. The molecule has 0 saturated carbocycles. The number of rotatable bonds is 13. The van der Waals surface area contributed by atoms with Gasteiger partial charge < -0.3 is 25.1 Å². The van der Waals surface area contributed by atoms with Crippen LogP contribution < -0.4 is 15.5 Å². The summed E-state index contributed by atoms with van der Waals surface area (Å²) in [6.45, 7) is -0.0324. The molecule has 0 aliphatic carbocycles. The minimum Gasteiger partial charge on any atom is -0.618 e. The smallest absolute Gasteiger partial charge is 0.251 e. The molecular formula is C30H35N3O7S. The van der Waals surface area contributed by atoms with Crippen LogP contribution in [0.5, 0.6) is 0 Å². The Balaban J connectivity index is 1.37. The van der Waals surface area contributed by atoms with Crippen molar-refractivity contribution in [2.24, 2.45) is 0 Å². The van der Waals surface area contributed by atoms with Crippen molar-refractivity contribution in [2.75, 3.05) is 11.1 Å². The van der Waals surface area contributed by atoms with E-state index in [1.54, 1.807) is 29.7 Å². The Hall–Kier alpha value is -3.48. The summed E-state index contributed by atoms with van der Waals surface area (Å²) in [5.41, 5.74) is 4.85. The maximum atomic E-state index is 12.3. The molecule has 3 atom stereocenters. The number of ether oxygens (including phenoxy) is 2. The maximum Gasteiger partial charge on any atom is 0.251 e. The number of pyridine rings is 1. The number of aromatic nitrogens is 1. The first kappa shape index (κ1) is 30.5. The zero-order chi connectivity index (χ0) is 29.0. The molecule has 11 heteroatoms. The van der Waals surface area contributed by atoms with E-state index in [0.29, 0.717) is 48.6 Å². The second-order valence-electron chi connectivity index (χ2n) is 9.79. The van der Waals surface area contributed by atoms with Crippen molar-refractivity contribution in [3.63, 3.8) is 0 Å². The highest BCUT2D eigenvalue weighted by Gasteiger charge is 2.32. The first-order valence-electron chi connectivity index (χ1n) is 13.6. The summed E-state index contributed by atoms with van der Waals surface area (Å²) in [4.78, 5) is 23.4. The average Bonchev–Trinajstić information content (AvgIpc) is 3.00. The van der Waals surface area contributed by atoms with Gasteiger partial charge in [0.1, 0.15) is 0 Å². The lowest BCUT2D eigenvalue weighted by atomic mass is 10.0. The topological polar surface area (TPSA) is 144 Å². The summed E-state index contributed by atoms with van der Waals surface area (Å²) >= 11 is 1.43. The second-order valence-corrected chi connectivity index (χ2v) is 10.8. The van der Waals surface area contributed by atoms with Gasteiger partial charge in [0, 0.05) is 48.4 Å². The van der Waals surface area contributed by atoms with E-state index in [4.69, 9.17) is 14.7 Å². The third kappa shape index (κ3) is 9.27. The molecule has 0 radical (unpaired) electrons. The fourth-order valence-electron chi connectivity index (χ4n) is 4.48. The fourth-order valence-corrected chi connectivity index (χ4v) is 5.41. The van der Waals surface area contributed by atoms with Crippen LogP contribution in [0.4, 0.5) is 5.69 Å². The van der Waals surface area contributed by atoms with Gasteiger partial charge in [-0.1, -0.05) is 54.6 Å². The van der Waals surface area contributed by atoms with Gasteiger partial charge in [-0.15, -0.1) is 0 Å². The van der Waals surface area contributed by atoms with E-state index in [9.17, 15) is 19.9 Å². The van der Waals surface area contributed by atoms with E-state index < -0.39 is 12.2 Å². The van der Waals surface area contributed by atoms with Crippen molar-refractivity contribution in [2.45, 2.75) is 68.7 Å². The Labute approximate surface area is 243 Å². The molecular weight excluding hydrogens is 546 g/mol. The third-order valence-electron chi connectivity index (χ3n) is 6.72. The number of amides is 2. The predicted octanol–water partition coefficient (Wildman–Crippen LogP) is 4.54. The maximum absolute atomic E-state index is 12.3. The number of nitrogens with one attached hydrogen (secondary N) is 2. The van der Waals surface area contributed by atoms with E-state index in [2.05, 4.69) is 5.32 Å². The van der Waals surface area contributed by atoms with Crippen LogP contribution in [0.15, 0.2) is 78.0 Å². The lowest BCUT2D eigenvalue weighted by Gasteiger charge is -2.36. The highest BCUT2D eigenvalue weighted by atomic mass is 32.2. The molecule has 0 spiro atoms. The summed E-state index contributed by atoms with van der Waals surface area (Å²) in [5, 5.41) is 33.5. The monoisotopic (exact) mass is 581 g/mol. The van der Waals surface area contributed by atoms with Crippen LogP contribution in [0.2, 0.25) is 0 Å². The van der Waals surface area contributed by atoms with Crippen molar-refractivity contribution in [1.82, 2.24) is 5.48 Å². The van der Waals surface area contributed by atoms with E-state index in [0.717, 1.165) is 21.4 Å².